The van der Waals surface area contributed by atoms with Crippen molar-refractivity contribution in [1.82, 2.24) is 4.98 Å². The van der Waals surface area contributed by atoms with Gasteiger partial charge in [-0.05, 0) is 41.5 Å². The lowest BCUT2D eigenvalue weighted by Gasteiger charge is -2.09. The molecule has 0 aliphatic rings. The number of benzene rings is 2. The van der Waals surface area contributed by atoms with Gasteiger partial charge in [-0.1, -0.05) is 30.3 Å². The number of nitrogens with two attached hydrogens (primary N) is 1. The van der Waals surface area contributed by atoms with Crippen molar-refractivity contribution in [2.45, 2.75) is 4.21 Å². The molecule has 2 aromatic heterocycles. The number of pyridine rings is 1. The van der Waals surface area contributed by atoms with Crippen LogP contribution in [0.1, 0.15) is 0 Å². The van der Waals surface area contributed by atoms with Gasteiger partial charge >= 0.3 is 0 Å². The summed E-state index contributed by atoms with van der Waals surface area (Å²) in [5, 5.41) is 0.675. The van der Waals surface area contributed by atoms with Gasteiger partial charge in [0.25, 0.3) is 0 Å². The molecule has 2 N–H and O–H groups in total. The number of fused-ring (bicyclic) bond motifs is 1. The molecular weight excluding hydrogens is 392 g/mol. The van der Waals surface area contributed by atoms with Crippen LogP contribution in [0.15, 0.2) is 64.9 Å². The number of aromatic nitrogens is 1. The van der Waals surface area contributed by atoms with E-state index >= 15 is 0 Å². The third-order valence-electron chi connectivity index (χ3n) is 4.47. The maximum atomic E-state index is 12.2. The smallest absolute Gasteiger partial charge is 0.187 e. The molecule has 0 amide bonds. The summed E-state index contributed by atoms with van der Waals surface area (Å²) in [6, 6.07) is 19.3. The van der Waals surface area contributed by atoms with Crippen LogP contribution in [0.2, 0.25) is 0 Å². The lowest BCUT2D eigenvalue weighted by molar-refractivity contribution is 0.415. The van der Waals surface area contributed by atoms with Crippen LogP contribution in [0.5, 0.6) is 5.75 Å². The van der Waals surface area contributed by atoms with Crippen molar-refractivity contribution in [3.8, 4) is 28.1 Å². The minimum atomic E-state index is -3.44. The van der Waals surface area contributed by atoms with Crippen LogP contribution in [0.4, 0.5) is 5.69 Å². The van der Waals surface area contributed by atoms with E-state index in [1.807, 2.05) is 60.7 Å². The maximum absolute atomic E-state index is 12.2. The maximum Gasteiger partial charge on any atom is 0.187 e. The summed E-state index contributed by atoms with van der Waals surface area (Å²) in [5.74, 6) is 0.757. The number of nitrogen functional groups attached to an aromatic ring is 1. The Bertz CT molecular complexity index is 1260. The quantitative estimate of drug-likeness (QED) is 0.531. The fourth-order valence-electron chi connectivity index (χ4n) is 3.13. The largest absolute Gasteiger partial charge is 0.497 e. The van der Waals surface area contributed by atoms with Gasteiger partial charge < -0.3 is 10.5 Å². The van der Waals surface area contributed by atoms with Gasteiger partial charge in [0.15, 0.2) is 9.84 Å². The predicted octanol–water partition coefficient (Wildman–Crippen LogP) is 4.62. The molecule has 142 valence electrons. The molecule has 0 unspecified atom stereocenters. The van der Waals surface area contributed by atoms with Crippen LogP contribution in [0, 0.1) is 0 Å². The van der Waals surface area contributed by atoms with E-state index in [1.165, 1.54) is 6.26 Å². The number of ether oxygens (including phenoxy) is 1. The molecule has 2 aromatic carbocycles. The van der Waals surface area contributed by atoms with Crippen LogP contribution in [0.3, 0.4) is 0 Å². The van der Waals surface area contributed by atoms with Crippen LogP contribution < -0.4 is 10.5 Å². The highest BCUT2D eigenvalue weighted by Gasteiger charge is 2.22. The Morgan fingerprint density at radius 1 is 1.00 bits per heavy atom. The first-order valence-electron chi connectivity index (χ1n) is 8.51. The molecular formula is C21H18N2O3S2. The van der Waals surface area contributed by atoms with E-state index in [0.29, 0.717) is 10.2 Å². The number of nitrogens with zero attached hydrogens (tertiary/aromatic N) is 1. The minimum Gasteiger partial charge on any atom is -0.497 e. The summed E-state index contributed by atoms with van der Waals surface area (Å²) in [6.07, 6.45) is 1.17. The molecule has 5 nitrogen and oxygen atoms in total. The number of rotatable bonds is 4. The SMILES string of the molecule is COc1ccc(-c2cc(-c3ccccc3)c3c(N)c(S(C)(=O)=O)sc3n2)cc1. The van der Waals surface area contributed by atoms with Gasteiger partial charge in [0.1, 0.15) is 14.8 Å². The Labute approximate surface area is 167 Å². The predicted molar refractivity (Wildman–Crippen MR) is 115 cm³/mol. The third-order valence-corrected chi connectivity index (χ3v) is 7.42. The van der Waals surface area contributed by atoms with Crippen molar-refractivity contribution in [3.63, 3.8) is 0 Å². The second-order valence-corrected chi connectivity index (χ2v) is 9.62. The normalized spacial score (nSPS) is 11.6. The highest BCUT2D eigenvalue weighted by Crippen LogP contribution is 2.43. The summed E-state index contributed by atoms with van der Waals surface area (Å²) in [4.78, 5) is 5.32. The molecule has 0 radical (unpaired) electrons. The van der Waals surface area contributed by atoms with Crippen LogP contribution in [-0.4, -0.2) is 26.8 Å². The lowest BCUT2D eigenvalue weighted by atomic mass is 10.00. The Morgan fingerprint density at radius 3 is 2.29 bits per heavy atom. The molecule has 4 aromatic rings. The van der Waals surface area contributed by atoms with E-state index in [1.54, 1.807) is 7.11 Å². The number of thiophene rings is 1. The topological polar surface area (TPSA) is 82.3 Å². The van der Waals surface area contributed by atoms with Crippen molar-refractivity contribution in [2.75, 3.05) is 19.1 Å². The van der Waals surface area contributed by atoms with E-state index in [2.05, 4.69) is 0 Å². The minimum absolute atomic E-state index is 0.152. The molecule has 0 fully saturated rings. The summed E-state index contributed by atoms with van der Waals surface area (Å²) >= 11 is 1.11. The standard InChI is InChI=1S/C21H18N2O3S2/c1-26-15-10-8-14(9-11-15)17-12-16(13-6-4-3-5-7-13)18-19(22)21(28(2,24)25)27-20(18)23-17/h3-12H,22H2,1-2H3. The molecule has 0 aliphatic carbocycles. The highest BCUT2D eigenvalue weighted by atomic mass is 32.2. The second-order valence-electron chi connectivity index (χ2n) is 6.41. The Kier molecular flexibility index (Phi) is 4.56. The first-order chi connectivity index (χ1) is 13.4. The molecule has 0 saturated heterocycles. The molecule has 0 aliphatic heterocycles. The van der Waals surface area contributed by atoms with Crippen LogP contribution in [0.25, 0.3) is 32.6 Å². The van der Waals surface area contributed by atoms with E-state index in [0.717, 1.165) is 39.5 Å². The van der Waals surface area contributed by atoms with Crippen molar-refractivity contribution >= 4 is 37.1 Å². The second kappa shape index (κ2) is 6.92. The first kappa shape index (κ1) is 18.5. The van der Waals surface area contributed by atoms with Gasteiger partial charge in [-0.25, -0.2) is 13.4 Å². The molecule has 0 bridgehead atoms. The summed E-state index contributed by atoms with van der Waals surface area (Å²) < 4.78 is 29.7. The van der Waals surface area contributed by atoms with Gasteiger partial charge in [-0.3, -0.25) is 0 Å². The van der Waals surface area contributed by atoms with Gasteiger partial charge in [-0.2, -0.15) is 0 Å². The Balaban J connectivity index is 2.03. The molecule has 2 heterocycles. The molecule has 7 heteroatoms. The molecule has 4 rings (SSSR count). The number of hydrogen-bond acceptors (Lipinski definition) is 6. The summed E-state index contributed by atoms with van der Waals surface area (Å²) in [6.45, 7) is 0. The van der Waals surface area contributed by atoms with E-state index in [-0.39, 0.29) is 9.90 Å². The van der Waals surface area contributed by atoms with Crippen molar-refractivity contribution in [3.05, 3.63) is 60.7 Å². The third kappa shape index (κ3) is 3.23. The molecule has 0 saturated carbocycles. The fraction of sp³-hybridized carbons (Fsp3) is 0.0952. The zero-order valence-corrected chi connectivity index (χ0v) is 17.0. The Morgan fingerprint density at radius 2 is 1.68 bits per heavy atom. The highest BCUT2D eigenvalue weighted by molar-refractivity contribution is 7.93. The average molecular weight is 411 g/mol. The monoisotopic (exact) mass is 410 g/mol. The van der Waals surface area contributed by atoms with Gasteiger partial charge in [0.05, 0.1) is 18.5 Å². The first-order valence-corrected chi connectivity index (χ1v) is 11.2. The van der Waals surface area contributed by atoms with Gasteiger partial charge in [0, 0.05) is 17.2 Å². The summed E-state index contributed by atoms with van der Waals surface area (Å²) in [5.41, 5.74) is 9.99. The Hall–Kier alpha value is -2.90. The van der Waals surface area contributed by atoms with Crippen molar-refractivity contribution in [2.24, 2.45) is 0 Å². The fourth-order valence-corrected chi connectivity index (χ4v) is 5.33. The van der Waals surface area contributed by atoms with Crippen LogP contribution >= 0.6 is 11.3 Å². The van der Waals surface area contributed by atoms with Crippen LogP contribution in [-0.2, 0) is 9.84 Å². The van der Waals surface area contributed by atoms with Crippen molar-refractivity contribution in [1.29, 1.82) is 0 Å². The number of hydrogen-bond donors (Lipinski definition) is 1. The van der Waals surface area contributed by atoms with E-state index in [4.69, 9.17) is 15.5 Å². The van der Waals surface area contributed by atoms with Crippen molar-refractivity contribution < 1.29 is 13.2 Å². The van der Waals surface area contributed by atoms with Gasteiger partial charge in [0.2, 0.25) is 0 Å². The molecule has 0 spiro atoms. The van der Waals surface area contributed by atoms with Gasteiger partial charge in [-0.15, -0.1) is 11.3 Å². The lowest BCUT2D eigenvalue weighted by Crippen LogP contribution is -1.98. The number of sulfone groups is 1. The summed E-state index contributed by atoms with van der Waals surface area (Å²) in [7, 11) is -1.82. The zero-order chi connectivity index (χ0) is 19.9. The zero-order valence-electron chi connectivity index (χ0n) is 15.3. The molecule has 28 heavy (non-hydrogen) atoms. The number of anilines is 1. The molecule has 0 atom stereocenters. The van der Waals surface area contributed by atoms with E-state index < -0.39 is 9.84 Å². The average Bonchev–Trinajstić information content (AvgIpc) is 3.05. The number of methoxy groups -OCH3 is 1. The van der Waals surface area contributed by atoms with E-state index in [9.17, 15) is 8.42 Å².